The SMILES string of the molecule is c1cc(N2CCCCC2)c2ccncc2c1. The van der Waals surface area contributed by atoms with Gasteiger partial charge in [-0.25, -0.2) is 0 Å². The van der Waals surface area contributed by atoms with E-state index in [0.717, 1.165) is 0 Å². The number of piperidine rings is 1. The van der Waals surface area contributed by atoms with Crippen LogP contribution < -0.4 is 4.90 Å². The van der Waals surface area contributed by atoms with Gasteiger partial charge in [-0.15, -0.1) is 0 Å². The molecule has 1 fully saturated rings. The van der Waals surface area contributed by atoms with E-state index >= 15 is 0 Å². The molecule has 2 heteroatoms. The Morgan fingerprint density at radius 2 is 1.88 bits per heavy atom. The van der Waals surface area contributed by atoms with Gasteiger partial charge < -0.3 is 4.90 Å². The average Bonchev–Trinajstić information content (AvgIpc) is 2.39. The predicted octanol–water partition coefficient (Wildman–Crippen LogP) is 3.23. The van der Waals surface area contributed by atoms with Crippen LogP contribution in [0.5, 0.6) is 0 Å². The van der Waals surface area contributed by atoms with Gasteiger partial charge in [0.25, 0.3) is 0 Å². The summed E-state index contributed by atoms with van der Waals surface area (Å²) in [5.41, 5.74) is 1.37. The van der Waals surface area contributed by atoms with Gasteiger partial charge in [0.05, 0.1) is 0 Å². The molecule has 0 atom stereocenters. The first kappa shape index (κ1) is 9.64. The van der Waals surface area contributed by atoms with E-state index in [9.17, 15) is 0 Å². The highest BCUT2D eigenvalue weighted by atomic mass is 15.1. The second-order valence-electron chi connectivity index (χ2n) is 4.42. The van der Waals surface area contributed by atoms with E-state index in [0.29, 0.717) is 0 Å². The van der Waals surface area contributed by atoms with Crippen molar-refractivity contribution >= 4 is 16.5 Å². The smallest absolute Gasteiger partial charge is 0.0447 e. The Bertz CT molecular complexity index is 482. The molecule has 0 radical (unpaired) electrons. The maximum atomic E-state index is 4.18. The van der Waals surface area contributed by atoms with E-state index in [1.54, 1.807) is 0 Å². The predicted molar refractivity (Wildman–Crippen MR) is 67.8 cm³/mol. The molecule has 1 aromatic heterocycles. The number of pyridine rings is 1. The minimum Gasteiger partial charge on any atom is -0.371 e. The molecule has 0 unspecified atom stereocenters. The van der Waals surface area contributed by atoms with Crippen molar-refractivity contribution in [1.29, 1.82) is 0 Å². The first-order valence-corrected chi connectivity index (χ1v) is 6.03. The van der Waals surface area contributed by atoms with Gasteiger partial charge >= 0.3 is 0 Å². The van der Waals surface area contributed by atoms with Crippen LogP contribution in [0.25, 0.3) is 10.8 Å². The van der Waals surface area contributed by atoms with Crippen molar-refractivity contribution in [3.05, 3.63) is 36.7 Å². The monoisotopic (exact) mass is 212 g/mol. The van der Waals surface area contributed by atoms with Gasteiger partial charge in [-0.2, -0.15) is 0 Å². The van der Waals surface area contributed by atoms with E-state index in [2.05, 4.69) is 34.1 Å². The fourth-order valence-electron chi connectivity index (χ4n) is 2.52. The molecule has 2 nitrogen and oxygen atoms in total. The van der Waals surface area contributed by atoms with E-state index in [4.69, 9.17) is 0 Å². The van der Waals surface area contributed by atoms with Crippen LogP contribution in [0.2, 0.25) is 0 Å². The van der Waals surface area contributed by atoms with Crippen LogP contribution in [-0.4, -0.2) is 18.1 Å². The zero-order valence-corrected chi connectivity index (χ0v) is 9.39. The molecule has 82 valence electrons. The number of anilines is 1. The van der Waals surface area contributed by atoms with Crippen molar-refractivity contribution < 1.29 is 0 Å². The summed E-state index contributed by atoms with van der Waals surface area (Å²) in [5.74, 6) is 0. The minimum absolute atomic E-state index is 1.20. The lowest BCUT2D eigenvalue weighted by Crippen LogP contribution is -2.29. The van der Waals surface area contributed by atoms with Gasteiger partial charge in [0.2, 0.25) is 0 Å². The summed E-state index contributed by atoms with van der Waals surface area (Å²) in [7, 11) is 0. The Morgan fingerprint density at radius 3 is 2.75 bits per heavy atom. The summed E-state index contributed by atoms with van der Waals surface area (Å²) in [6.07, 6.45) is 7.85. The van der Waals surface area contributed by atoms with Crippen LogP contribution in [0.15, 0.2) is 36.7 Å². The number of hydrogen-bond donors (Lipinski definition) is 0. The fourth-order valence-corrected chi connectivity index (χ4v) is 2.52. The molecule has 1 aliphatic rings. The lowest BCUT2D eigenvalue weighted by atomic mass is 10.1. The summed E-state index contributed by atoms with van der Waals surface area (Å²) in [6, 6.07) is 8.62. The highest BCUT2D eigenvalue weighted by molar-refractivity contribution is 5.93. The normalized spacial score (nSPS) is 16.6. The number of rotatable bonds is 1. The van der Waals surface area contributed by atoms with Crippen molar-refractivity contribution in [2.75, 3.05) is 18.0 Å². The maximum Gasteiger partial charge on any atom is 0.0447 e. The van der Waals surface area contributed by atoms with Crippen LogP contribution in [-0.2, 0) is 0 Å². The molecular weight excluding hydrogens is 196 g/mol. The zero-order chi connectivity index (χ0) is 10.8. The molecule has 0 spiro atoms. The molecule has 1 aliphatic heterocycles. The molecule has 0 bridgehead atoms. The molecular formula is C14H16N2. The van der Waals surface area contributed by atoms with Crippen LogP contribution >= 0.6 is 0 Å². The van der Waals surface area contributed by atoms with Gasteiger partial charge in [0.1, 0.15) is 0 Å². The Morgan fingerprint density at radius 1 is 1.00 bits per heavy atom. The van der Waals surface area contributed by atoms with Crippen molar-refractivity contribution in [1.82, 2.24) is 4.98 Å². The van der Waals surface area contributed by atoms with Crippen molar-refractivity contribution in [2.24, 2.45) is 0 Å². The number of fused-ring (bicyclic) bond motifs is 1. The molecule has 1 saturated heterocycles. The number of aromatic nitrogens is 1. The van der Waals surface area contributed by atoms with E-state index in [1.807, 2.05) is 12.4 Å². The molecule has 0 amide bonds. The molecule has 16 heavy (non-hydrogen) atoms. The quantitative estimate of drug-likeness (QED) is 0.721. The summed E-state index contributed by atoms with van der Waals surface area (Å²) in [4.78, 5) is 6.69. The van der Waals surface area contributed by atoms with Crippen LogP contribution in [0.4, 0.5) is 5.69 Å². The molecule has 0 aliphatic carbocycles. The summed E-state index contributed by atoms with van der Waals surface area (Å²) in [5, 5.41) is 2.57. The van der Waals surface area contributed by atoms with Crippen molar-refractivity contribution in [2.45, 2.75) is 19.3 Å². The topological polar surface area (TPSA) is 16.1 Å². The summed E-state index contributed by atoms with van der Waals surface area (Å²) < 4.78 is 0. The van der Waals surface area contributed by atoms with Gasteiger partial charge in [-0.1, -0.05) is 12.1 Å². The molecule has 1 aromatic carbocycles. The van der Waals surface area contributed by atoms with Gasteiger partial charge in [0, 0.05) is 41.9 Å². The minimum atomic E-state index is 1.20. The molecule has 2 aromatic rings. The van der Waals surface area contributed by atoms with Gasteiger partial charge in [0.15, 0.2) is 0 Å². The van der Waals surface area contributed by atoms with Crippen LogP contribution in [0, 0.1) is 0 Å². The van der Waals surface area contributed by atoms with Gasteiger partial charge in [-0.05, 0) is 31.4 Å². The first-order chi connectivity index (χ1) is 7.95. The summed E-state index contributed by atoms with van der Waals surface area (Å²) in [6.45, 7) is 2.39. The number of nitrogens with zero attached hydrogens (tertiary/aromatic N) is 2. The lowest BCUT2D eigenvalue weighted by Gasteiger charge is -2.29. The van der Waals surface area contributed by atoms with Crippen molar-refractivity contribution in [3.8, 4) is 0 Å². The zero-order valence-electron chi connectivity index (χ0n) is 9.39. The van der Waals surface area contributed by atoms with Crippen LogP contribution in [0.3, 0.4) is 0 Å². The second kappa shape index (κ2) is 4.12. The highest BCUT2D eigenvalue weighted by Gasteiger charge is 2.12. The van der Waals surface area contributed by atoms with Gasteiger partial charge in [-0.3, -0.25) is 4.98 Å². The molecule has 2 heterocycles. The largest absolute Gasteiger partial charge is 0.371 e. The third-order valence-corrected chi connectivity index (χ3v) is 3.35. The molecule has 0 saturated carbocycles. The Balaban J connectivity index is 2.08. The third-order valence-electron chi connectivity index (χ3n) is 3.35. The molecule has 3 rings (SSSR count). The number of benzene rings is 1. The van der Waals surface area contributed by atoms with E-state index in [1.165, 1.54) is 48.8 Å². The van der Waals surface area contributed by atoms with E-state index in [-0.39, 0.29) is 0 Å². The first-order valence-electron chi connectivity index (χ1n) is 6.03. The fraction of sp³-hybridized carbons (Fsp3) is 0.357. The number of hydrogen-bond acceptors (Lipinski definition) is 2. The Kier molecular flexibility index (Phi) is 2.49. The van der Waals surface area contributed by atoms with E-state index < -0.39 is 0 Å². The lowest BCUT2D eigenvalue weighted by molar-refractivity contribution is 0.579. The average molecular weight is 212 g/mol. The Hall–Kier alpha value is -1.57. The Labute approximate surface area is 95.9 Å². The van der Waals surface area contributed by atoms with Crippen LogP contribution in [0.1, 0.15) is 19.3 Å². The maximum absolute atomic E-state index is 4.18. The molecule has 0 N–H and O–H groups in total. The third kappa shape index (κ3) is 1.64. The van der Waals surface area contributed by atoms with Crippen molar-refractivity contribution in [3.63, 3.8) is 0 Å². The second-order valence-corrected chi connectivity index (χ2v) is 4.42. The summed E-state index contributed by atoms with van der Waals surface area (Å²) >= 11 is 0. The standard InChI is InChI=1S/C14H16N2/c1-2-9-16(10-3-1)14-6-4-5-12-11-15-8-7-13(12)14/h4-8,11H,1-3,9-10H2. The highest BCUT2D eigenvalue weighted by Crippen LogP contribution is 2.28.